The molecule has 10 heteroatoms. The van der Waals surface area contributed by atoms with Gasteiger partial charge in [-0.1, -0.05) is 11.8 Å². The molecule has 1 aromatic carbocycles. The summed E-state index contributed by atoms with van der Waals surface area (Å²) in [5, 5.41) is 8.57. The topological polar surface area (TPSA) is 103 Å². The Morgan fingerprint density at radius 3 is 2.59 bits per heavy atom. The third kappa shape index (κ3) is 4.16. The number of amides is 1. The van der Waals surface area contributed by atoms with E-state index in [0.29, 0.717) is 29.8 Å². The fraction of sp³-hybridized carbons (Fsp3) is 0.316. The van der Waals surface area contributed by atoms with E-state index >= 15 is 0 Å². The summed E-state index contributed by atoms with van der Waals surface area (Å²) in [6, 6.07) is 11.5. The first kappa shape index (κ1) is 19.2. The number of nitrogens with two attached hydrogens (primary N) is 1. The van der Waals surface area contributed by atoms with Crippen molar-refractivity contribution in [3.63, 3.8) is 0 Å². The monoisotopic (exact) mass is 414 g/mol. The molecular weight excluding hydrogens is 392 g/mol. The van der Waals surface area contributed by atoms with E-state index in [1.807, 2.05) is 29.2 Å². The Morgan fingerprint density at radius 1 is 1.17 bits per heavy atom. The molecule has 0 unspecified atom stereocenters. The summed E-state index contributed by atoms with van der Waals surface area (Å²) in [6.45, 7) is 2.94. The van der Waals surface area contributed by atoms with E-state index in [0.717, 1.165) is 24.5 Å². The number of nitrogens with zero attached hydrogens (tertiary/aromatic N) is 5. The summed E-state index contributed by atoms with van der Waals surface area (Å²) in [5.74, 6) is 8.15. The van der Waals surface area contributed by atoms with E-state index in [1.165, 1.54) is 16.4 Å². The zero-order valence-electron chi connectivity index (χ0n) is 16.0. The maximum atomic E-state index is 12.6. The summed E-state index contributed by atoms with van der Waals surface area (Å²) < 4.78 is 11.8. The Balaban J connectivity index is 1.29. The Bertz CT molecular complexity index is 949. The molecule has 2 aromatic heterocycles. The molecule has 2 N–H and O–H groups in total. The number of methoxy groups -OCH3 is 1. The maximum Gasteiger partial charge on any atom is 0.233 e. The van der Waals surface area contributed by atoms with E-state index in [1.54, 1.807) is 25.5 Å². The Morgan fingerprint density at radius 2 is 1.93 bits per heavy atom. The summed E-state index contributed by atoms with van der Waals surface area (Å²) in [5.41, 5.74) is 1.13. The number of nitrogen functional groups attached to an aromatic ring is 1. The van der Waals surface area contributed by atoms with Gasteiger partial charge >= 0.3 is 0 Å². The van der Waals surface area contributed by atoms with Gasteiger partial charge in [-0.15, -0.1) is 10.2 Å². The number of hydrogen-bond acceptors (Lipinski definition) is 8. The molecule has 3 heterocycles. The lowest BCUT2D eigenvalue weighted by Crippen LogP contribution is -2.49. The molecule has 0 atom stereocenters. The van der Waals surface area contributed by atoms with Gasteiger partial charge in [-0.2, -0.15) is 0 Å². The second kappa shape index (κ2) is 8.48. The molecule has 0 bridgehead atoms. The summed E-state index contributed by atoms with van der Waals surface area (Å²) in [4.78, 5) is 16.7. The van der Waals surface area contributed by atoms with E-state index in [4.69, 9.17) is 15.0 Å². The highest BCUT2D eigenvalue weighted by atomic mass is 32.2. The molecule has 0 saturated carbocycles. The second-order valence-electron chi connectivity index (χ2n) is 6.51. The molecular formula is C19H22N6O3S. The van der Waals surface area contributed by atoms with Crippen molar-refractivity contribution < 1.29 is 13.9 Å². The van der Waals surface area contributed by atoms with Crippen LogP contribution in [0.3, 0.4) is 0 Å². The third-order valence-corrected chi connectivity index (χ3v) is 5.73. The van der Waals surface area contributed by atoms with E-state index in [9.17, 15) is 4.79 Å². The van der Waals surface area contributed by atoms with Gasteiger partial charge < -0.3 is 24.8 Å². The lowest BCUT2D eigenvalue weighted by atomic mass is 10.2. The molecule has 29 heavy (non-hydrogen) atoms. The fourth-order valence-electron chi connectivity index (χ4n) is 3.17. The molecule has 1 aliphatic heterocycles. The smallest absolute Gasteiger partial charge is 0.233 e. The first-order valence-corrected chi connectivity index (χ1v) is 10.2. The van der Waals surface area contributed by atoms with Crippen LogP contribution in [0.4, 0.5) is 5.69 Å². The van der Waals surface area contributed by atoms with Gasteiger partial charge in [0.1, 0.15) is 5.75 Å². The minimum Gasteiger partial charge on any atom is -0.497 e. The van der Waals surface area contributed by atoms with Crippen molar-refractivity contribution in [3.8, 4) is 17.3 Å². The predicted molar refractivity (Wildman–Crippen MR) is 110 cm³/mol. The number of carbonyl (C=O) groups excluding carboxylic acids is 1. The highest BCUT2D eigenvalue weighted by Gasteiger charge is 2.22. The number of aromatic nitrogens is 3. The van der Waals surface area contributed by atoms with Crippen molar-refractivity contribution >= 4 is 23.4 Å². The number of thioether (sulfide) groups is 1. The number of anilines is 1. The molecule has 0 spiro atoms. The van der Waals surface area contributed by atoms with Crippen LogP contribution in [0.5, 0.6) is 5.75 Å². The first-order chi connectivity index (χ1) is 14.2. The van der Waals surface area contributed by atoms with Gasteiger partial charge in [0, 0.05) is 31.9 Å². The van der Waals surface area contributed by atoms with E-state index in [2.05, 4.69) is 15.1 Å². The highest BCUT2D eigenvalue weighted by molar-refractivity contribution is 7.99. The van der Waals surface area contributed by atoms with Crippen LogP contribution < -0.4 is 15.5 Å². The van der Waals surface area contributed by atoms with Crippen molar-refractivity contribution in [1.82, 2.24) is 19.8 Å². The Hall–Kier alpha value is -3.14. The van der Waals surface area contributed by atoms with Crippen LogP contribution in [0.1, 0.15) is 0 Å². The first-order valence-electron chi connectivity index (χ1n) is 9.19. The molecule has 1 amide bonds. The van der Waals surface area contributed by atoms with Crippen molar-refractivity contribution in [2.24, 2.45) is 0 Å². The van der Waals surface area contributed by atoms with Gasteiger partial charge in [0.15, 0.2) is 5.76 Å². The number of benzene rings is 1. The highest BCUT2D eigenvalue weighted by Crippen LogP contribution is 2.23. The molecule has 152 valence electrons. The lowest BCUT2D eigenvalue weighted by Gasteiger charge is -2.36. The number of carbonyl (C=O) groups is 1. The van der Waals surface area contributed by atoms with Crippen LogP contribution in [0.15, 0.2) is 52.2 Å². The Kier molecular flexibility index (Phi) is 5.61. The fourth-order valence-corrected chi connectivity index (χ4v) is 3.93. The molecule has 0 aliphatic carbocycles. The van der Waals surface area contributed by atoms with Crippen molar-refractivity contribution in [2.75, 3.05) is 49.8 Å². The van der Waals surface area contributed by atoms with Gasteiger partial charge in [0.05, 0.1) is 19.1 Å². The molecule has 9 nitrogen and oxygen atoms in total. The quantitative estimate of drug-likeness (QED) is 0.480. The number of ether oxygens (including phenoxy) is 1. The summed E-state index contributed by atoms with van der Waals surface area (Å²) in [7, 11) is 1.66. The lowest BCUT2D eigenvalue weighted by molar-refractivity contribution is -0.128. The predicted octanol–water partition coefficient (Wildman–Crippen LogP) is 1.70. The standard InChI is InChI=1S/C19H22N6O3S/c1-27-15-6-4-14(5-7-15)23-8-10-24(11-9-23)17(26)13-29-19-22-21-18(25(19)20)16-3-2-12-28-16/h2-7,12H,8-11,13,20H2,1H3. The Labute approximate surface area is 172 Å². The third-order valence-electron chi connectivity index (χ3n) is 4.80. The van der Waals surface area contributed by atoms with Crippen LogP contribution in [-0.2, 0) is 4.79 Å². The molecule has 3 aromatic rings. The van der Waals surface area contributed by atoms with Gasteiger partial charge in [0.2, 0.25) is 16.9 Å². The van der Waals surface area contributed by atoms with Crippen LogP contribution in [-0.4, -0.2) is 64.7 Å². The largest absolute Gasteiger partial charge is 0.497 e. The van der Waals surface area contributed by atoms with Crippen LogP contribution >= 0.6 is 11.8 Å². The second-order valence-corrected chi connectivity index (χ2v) is 7.45. The zero-order valence-corrected chi connectivity index (χ0v) is 16.8. The normalized spacial score (nSPS) is 14.2. The average molecular weight is 414 g/mol. The van der Waals surface area contributed by atoms with Gasteiger partial charge in [-0.25, -0.2) is 4.68 Å². The van der Waals surface area contributed by atoms with Crippen molar-refractivity contribution in [3.05, 3.63) is 42.7 Å². The summed E-state index contributed by atoms with van der Waals surface area (Å²) >= 11 is 1.27. The SMILES string of the molecule is COc1ccc(N2CCN(C(=O)CSc3nnc(-c4ccco4)n3N)CC2)cc1. The molecule has 1 aliphatic rings. The minimum absolute atomic E-state index is 0.0620. The van der Waals surface area contributed by atoms with Crippen molar-refractivity contribution in [2.45, 2.75) is 5.16 Å². The van der Waals surface area contributed by atoms with Gasteiger partial charge in [0.25, 0.3) is 0 Å². The number of piperazine rings is 1. The number of hydrogen-bond donors (Lipinski definition) is 1. The zero-order chi connectivity index (χ0) is 20.2. The number of furan rings is 1. The van der Waals surface area contributed by atoms with Gasteiger partial charge in [-0.3, -0.25) is 4.79 Å². The summed E-state index contributed by atoms with van der Waals surface area (Å²) in [6.07, 6.45) is 1.55. The molecule has 0 radical (unpaired) electrons. The van der Waals surface area contributed by atoms with Crippen LogP contribution in [0.2, 0.25) is 0 Å². The number of rotatable bonds is 6. The molecule has 4 rings (SSSR count). The molecule has 1 saturated heterocycles. The maximum absolute atomic E-state index is 12.6. The van der Waals surface area contributed by atoms with Crippen LogP contribution in [0, 0.1) is 0 Å². The average Bonchev–Trinajstić information content (AvgIpc) is 3.42. The van der Waals surface area contributed by atoms with E-state index in [-0.39, 0.29) is 11.7 Å². The van der Waals surface area contributed by atoms with E-state index < -0.39 is 0 Å². The minimum atomic E-state index is 0.0620. The van der Waals surface area contributed by atoms with Crippen LogP contribution in [0.25, 0.3) is 11.6 Å². The van der Waals surface area contributed by atoms with Crippen molar-refractivity contribution in [1.29, 1.82) is 0 Å². The molecule has 1 fully saturated rings. The van der Waals surface area contributed by atoms with Gasteiger partial charge in [-0.05, 0) is 36.4 Å².